The molecule has 1 heterocycles. The Labute approximate surface area is 174 Å². The van der Waals surface area contributed by atoms with Crippen molar-refractivity contribution in [2.24, 2.45) is 0 Å². The standard InChI is InChI=1S/C21H24N6O3/c1-22-21(29)18(12-13-19-24-25-26-27(19)14-30-2)23-20(28)17-11-7-6-10-16(17)15-8-4-3-5-9-15/h3-11,18H,12-14H2,1-2H3,(H,22,29)(H,23,28)/t18-/m0/s1. The SMILES string of the molecule is CNC(=O)[C@H](CCc1nnnn1COC)NC(=O)c1ccccc1-c1ccccc1. The first-order chi connectivity index (χ1) is 14.6. The lowest BCUT2D eigenvalue weighted by atomic mass is 9.98. The zero-order valence-electron chi connectivity index (χ0n) is 16.9. The van der Waals surface area contributed by atoms with Crippen LogP contribution in [0.5, 0.6) is 0 Å². The molecule has 0 aliphatic heterocycles. The Morgan fingerprint density at radius 1 is 1.10 bits per heavy atom. The molecule has 3 rings (SSSR count). The molecule has 1 aromatic heterocycles. The number of nitrogens with one attached hydrogen (secondary N) is 2. The Morgan fingerprint density at radius 3 is 2.57 bits per heavy atom. The van der Waals surface area contributed by atoms with Crippen LogP contribution < -0.4 is 10.6 Å². The van der Waals surface area contributed by atoms with E-state index < -0.39 is 6.04 Å². The van der Waals surface area contributed by atoms with Crippen LogP contribution in [0.4, 0.5) is 0 Å². The minimum atomic E-state index is -0.737. The minimum absolute atomic E-state index is 0.212. The molecule has 0 bridgehead atoms. The Balaban J connectivity index is 1.77. The van der Waals surface area contributed by atoms with E-state index in [-0.39, 0.29) is 18.5 Å². The normalized spacial score (nSPS) is 11.7. The Morgan fingerprint density at radius 2 is 1.83 bits per heavy atom. The Hall–Kier alpha value is -3.59. The van der Waals surface area contributed by atoms with Gasteiger partial charge in [-0.05, 0) is 34.0 Å². The number of rotatable bonds is 9. The van der Waals surface area contributed by atoms with Crippen molar-refractivity contribution >= 4 is 11.8 Å². The molecule has 0 aliphatic carbocycles. The number of carbonyl (C=O) groups is 2. The fourth-order valence-electron chi connectivity index (χ4n) is 3.13. The highest BCUT2D eigenvalue weighted by Crippen LogP contribution is 2.23. The van der Waals surface area contributed by atoms with Gasteiger partial charge in [0.15, 0.2) is 5.82 Å². The van der Waals surface area contributed by atoms with Crippen LogP contribution in [-0.4, -0.2) is 52.2 Å². The molecule has 1 atom stereocenters. The van der Waals surface area contributed by atoms with Gasteiger partial charge in [0.1, 0.15) is 12.8 Å². The largest absolute Gasteiger partial charge is 0.362 e. The third-order valence-corrected chi connectivity index (χ3v) is 4.64. The highest BCUT2D eigenvalue weighted by atomic mass is 16.5. The second kappa shape index (κ2) is 10.3. The summed E-state index contributed by atoms with van der Waals surface area (Å²) >= 11 is 0. The molecule has 2 N–H and O–H groups in total. The maximum atomic E-state index is 13.0. The predicted molar refractivity (Wildman–Crippen MR) is 110 cm³/mol. The third kappa shape index (κ3) is 5.06. The summed E-state index contributed by atoms with van der Waals surface area (Å²) in [5.74, 6) is -0.0319. The first kappa shape index (κ1) is 21.1. The molecule has 0 aliphatic rings. The number of methoxy groups -OCH3 is 1. The number of likely N-dealkylation sites (N-methyl/N-ethyl adjacent to an activating group) is 1. The zero-order valence-corrected chi connectivity index (χ0v) is 16.9. The molecule has 9 nitrogen and oxygen atoms in total. The van der Waals surface area contributed by atoms with Crippen molar-refractivity contribution in [1.29, 1.82) is 0 Å². The van der Waals surface area contributed by atoms with E-state index in [1.165, 1.54) is 11.7 Å². The molecule has 0 radical (unpaired) electrons. The van der Waals surface area contributed by atoms with Gasteiger partial charge in [0, 0.05) is 26.1 Å². The molecule has 2 amide bonds. The van der Waals surface area contributed by atoms with E-state index in [2.05, 4.69) is 26.2 Å². The highest BCUT2D eigenvalue weighted by Gasteiger charge is 2.23. The summed E-state index contributed by atoms with van der Waals surface area (Å²) in [6.07, 6.45) is 0.734. The number of hydrogen-bond acceptors (Lipinski definition) is 6. The second-order valence-corrected chi connectivity index (χ2v) is 6.60. The quantitative estimate of drug-likeness (QED) is 0.554. The van der Waals surface area contributed by atoms with Gasteiger partial charge < -0.3 is 15.4 Å². The maximum absolute atomic E-state index is 13.0. The lowest BCUT2D eigenvalue weighted by Crippen LogP contribution is -2.46. The van der Waals surface area contributed by atoms with E-state index in [0.717, 1.165) is 11.1 Å². The van der Waals surface area contributed by atoms with Crippen molar-refractivity contribution in [3.63, 3.8) is 0 Å². The first-order valence-electron chi connectivity index (χ1n) is 9.55. The molecule has 0 unspecified atom stereocenters. The molecule has 156 valence electrons. The smallest absolute Gasteiger partial charge is 0.252 e. The highest BCUT2D eigenvalue weighted by molar-refractivity contribution is 6.02. The summed E-state index contributed by atoms with van der Waals surface area (Å²) in [5, 5.41) is 16.9. The van der Waals surface area contributed by atoms with Crippen LogP contribution in [0.25, 0.3) is 11.1 Å². The van der Waals surface area contributed by atoms with Crippen LogP contribution in [0.3, 0.4) is 0 Å². The lowest BCUT2D eigenvalue weighted by molar-refractivity contribution is -0.122. The van der Waals surface area contributed by atoms with Gasteiger partial charge in [-0.1, -0.05) is 48.5 Å². The fraction of sp³-hybridized carbons (Fsp3) is 0.286. The van der Waals surface area contributed by atoms with Crippen LogP contribution >= 0.6 is 0 Å². The summed E-state index contributed by atoms with van der Waals surface area (Å²) in [4.78, 5) is 25.4. The Kier molecular flexibility index (Phi) is 7.23. The molecular weight excluding hydrogens is 384 g/mol. The number of hydrogen-bond donors (Lipinski definition) is 2. The van der Waals surface area contributed by atoms with Gasteiger partial charge in [-0.2, -0.15) is 0 Å². The van der Waals surface area contributed by atoms with Crippen molar-refractivity contribution in [1.82, 2.24) is 30.8 Å². The van der Waals surface area contributed by atoms with E-state index >= 15 is 0 Å². The fourth-order valence-corrected chi connectivity index (χ4v) is 3.13. The number of amides is 2. The van der Waals surface area contributed by atoms with Crippen molar-refractivity contribution in [3.05, 3.63) is 66.0 Å². The monoisotopic (exact) mass is 408 g/mol. The number of tetrazole rings is 1. The molecule has 0 saturated carbocycles. The summed E-state index contributed by atoms with van der Waals surface area (Å²) in [6.45, 7) is 0.212. The van der Waals surface area contributed by atoms with Crippen LogP contribution in [0.1, 0.15) is 22.6 Å². The summed E-state index contributed by atoms with van der Waals surface area (Å²) < 4.78 is 6.56. The van der Waals surface area contributed by atoms with Crippen molar-refractivity contribution in [2.45, 2.75) is 25.6 Å². The van der Waals surface area contributed by atoms with Crippen LogP contribution in [-0.2, 0) is 22.7 Å². The number of carbonyl (C=O) groups excluding carboxylic acids is 2. The number of nitrogens with zero attached hydrogens (tertiary/aromatic N) is 4. The first-order valence-corrected chi connectivity index (χ1v) is 9.55. The number of aryl methyl sites for hydroxylation is 1. The van der Waals surface area contributed by atoms with Crippen molar-refractivity contribution in [3.8, 4) is 11.1 Å². The summed E-state index contributed by atoms with van der Waals surface area (Å²) in [6, 6.07) is 16.2. The summed E-state index contributed by atoms with van der Waals surface area (Å²) in [7, 11) is 3.08. The predicted octanol–water partition coefficient (Wildman–Crippen LogP) is 1.42. The molecule has 0 fully saturated rings. The van der Waals surface area contributed by atoms with Gasteiger partial charge in [0.05, 0.1) is 0 Å². The number of ether oxygens (including phenoxy) is 1. The van der Waals surface area contributed by atoms with E-state index in [0.29, 0.717) is 24.2 Å². The molecular formula is C21H24N6O3. The molecule has 0 saturated heterocycles. The van der Waals surface area contributed by atoms with Crippen LogP contribution in [0.2, 0.25) is 0 Å². The number of benzene rings is 2. The van der Waals surface area contributed by atoms with E-state index in [1.807, 2.05) is 42.5 Å². The van der Waals surface area contributed by atoms with E-state index in [9.17, 15) is 9.59 Å². The molecule has 2 aromatic carbocycles. The van der Waals surface area contributed by atoms with Crippen molar-refractivity contribution < 1.29 is 14.3 Å². The van der Waals surface area contributed by atoms with Gasteiger partial charge in [-0.3, -0.25) is 9.59 Å². The van der Waals surface area contributed by atoms with Crippen LogP contribution in [0.15, 0.2) is 54.6 Å². The average molecular weight is 408 g/mol. The molecule has 30 heavy (non-hydrogen) atoms. The van der Waals surface area contributed by atoms with Gasteiger partial charge in [-0.25, -0.2) is 4.68 Å². The molecule has 0 spiro atoms. The van der Waals surface area contributed by atoms with E-state index in [4.69, 9.17) is 4.74 Å². The second-order valence-electron chi connectivity index (χ2n) is 6.60. The van der Waals surface area contributed by atoms with Gasteiger partial charge >= 0.3 is 0 Å². The van der Waals surface area contributed by atoms with E-state index in [1.54, 1.807) is 19.2 Å². The van der Waals surface area contributed by atoms with Gasteiger partial charge in [-0.15, -0.1) is 5.10 Å². The van der Waals surface area contributed by atoms with Crippen molar-refractivity contribution in [2.75, 3.05) is 14.2 Å². The minimum Gasteiger partial charge on any atom is -0.362 e. The maximum Gasteiger partial charge on any atom is 0.252 e. The third-order valence-electron chi connectivity index (χ3n) is 4.64. The van der Waals surface area contributed by atoms with Gasteiger partial charge in [0.2, 0.25) is 5.91 Å². The van der Waals surface area contributed by atoms with Crippen LogP contribution in [0, 0.1) is 0 Å². The zero-order chi connectivity index (χ0) is 21.3. The summed E-state index contributed by atoms with van der Waals surface area (Å²) in [5.41, 5.74) is 2.23. The average Bonchev–Trinajstić information content (AvgIpc) is 3.23. The molecule has 9 heteroatoms. The topological polar surface area (TPSA) is 111 Å². The Bertz CT molecular complexity index is 989. The van der Waals surface area contributed by atoms with Gasteiger partial charge in [0.25, 0.3) is 5.91 Å². The lowest BCUT2D eigenvalue weighted by Gasteiger charge is -2.18. The number of aromatic nitrogens is 4. The molecule has 3 aromatic rings.